The van der Waals surface area contributed by atoms with Gasteiger partial charge in [0.1, 0.15) is 18.5 Å². The molecule has 2 unspecified atom stereocenters. The normalized spacial score (nSPS) is 24.8. The lowest BCUT2D eigenvalue weighted by Crippen LogP contribution is -2.49. The summed E-state index contributed by atoms with van der Waals surface area (Å²) in [5, 5.41) is 0. The first-order valence-electron chi connectivity index (χ1n) is 8.70. The van der Waals surface area contributed by atoms with Gasteiger partial charge in [0.25, 0.3) is 0 Å². The van der Waals surface area contributed by atoms with Crippen molar-refractivity contribution in [1.29, 1.82) is 0 Å². The van der Waals surface area contributed by atoms with Crippen molar-refractivity contribution in [3.63, 3.8) is 0 Å². The Morgan fingerprint density at radius 3 is 2.52 bits per heavy atom. The minimum atomic E-state index is -0.218. The number of carbonyl (C=O) groups excluding carboxylic acids is 1. The maximum atomic E-state index is 12.5. The lowest BCUT2D eigenvalue weighted by Gasteiger charge is -2.38. The van der Waals surface area contributed by atoms with Crippen molar-refractivity contribution >= 4 is 6.09 Å². The van der Waals surface area contributed by atoms with Gasteiger partial charge >= 0.3 is 6.09 Å². The molecule has 6 heteroatoms. The van der Waals surface area contributed by atoms with E-state index in [1.807, 2.05) is 29.2 Å². The third kappa shape index (κ3) is 3.57. The first kappa shape index (κ1) is 15.9. The van der Waals surface area contributed by atoms with Crippen LogP contribution in [0.5, 0.6) is 5.75 Å². The monoisotopic (exact) mass is 339 g/mol. The van der Waals surface area contributed by atoms with Crippen LogP contribution in [-0.2, 0) is 11.3 Å². The standard InChI is InChI=1S/C19H21N3O3/c23-19(24-13-14-5-8-20-9-6-14)22-15-3-4-16(22)11-18(10-15)25-17-2-1-7-21-12-17/h1-2,5-9,12,15-16,18H,3-4,10-11,13H2. The number of amides is 1. The smallest absolute Gasteiger partial charge is 0.410 e. The molecule has 0 aromatic carbocycles. The zero-order valence-corrected chi connectivity index (χ0v) is 14.0. The maximum Gasteiger partial charge on any atom is 0.410 e. The molecular weight excluding hydrogens is 318 g/mol. The summed E-state index contributed by atoms with van der Waals surface area (Å²) in [7, 11) is 0. The molecule has 0 spiro atoms. The third-order valence-electron chi connectivity index (χ3n) is 4.95. The summed E-state index contributed by atoms with van der Waals surface area (Å²) in [5.74, 6) is 0.792. The molecule has 2 fully saturated rings. The molecule has 2 aliphatic heterocycles. The van der Waals surface area contributed by atoms with E-state index in [2.05, 4.69) is 9.97 Å². The molecule has 1 amide bonds. The summed E-state index contributed by atoms with van der Waals surface area (Å²) in [6.45, 7) is 0.285. The fourth-order valence-electron chi connectivity index (χ4n) is 3.83. The average Bonchev–Trinajstić information content (AvgIpc) is 2.92. The van der Waals surface area contributed by atoms with Gasteiger partial charge in [0.05, 0.1) is 6.20 Å². The van der Waals surface area contributed by atoms with Crippen molar-refractivity contribution in [1.82, 2.24) is 14.9 Å². The minimum absolute atomic E-state index is 0.131. The average molecular weight is 339 g/mol. The van der Waals surface area contributed by atoms with Gasteiger partial charge in [-0.3, -0.25) is 9.97 Å². The molecular formula is C19H21N3O3. The molecule has 2 aromatic rings. The van der Waals surface area contributed by atoms with Crippen molar-refractivity contribution in [2.24, 2.45) is 0 Å². The van der Waals surface area contributed by atoms with E-state index in [0.717, 1.165) is 37.0 Å². The second-order valence-corrected chi connectivity index (χ2v) is 6.60. The molecule has 4 heterocycles. The highest BCUT2D eigenvalue weighted by Crippen LogP contribution is 2.37. The van der Waals surface area contributed by atoms with Gasteiger partial charge in [-0.2, -0.15) is 0 Å². The number of hydrogen-bond donors (Lipinski definition) is 0. The van der Waals surface area contributed by atoms with E-state index < -0.39 is 0 Å². The largest absolute Gasteiger partial charge is 0.489 e. The van der Waals surface area contributed by atoms with E-state index in [1.165, 1.54) is 0 Å². The zero-order valence-electron chi connectivity index (χ0n) is 14.0. The third-order valence-corrected chi connectivity index (χ3v) is 4.95. The van der Waals surface area contributed by atoms with E-state index in [4.69, 9.17) is 9.47 Å². The lowest BCUT2D eigenvalue weighted by atomic mass is 10.0. The summed E-state index contributed by atoms with van der Waals surface area (Å²) >= 11 is 0. The summed E-state index contributed by atoms with van der Waals surface area (Å²) in [4.78, 5) is 22.5. The number of carbonyl (C=O) groups is 1. The number of nitrogens with zero attached hydrogens (tertiary/aromatic N) is 3. The molecule has 2 bridgehead atoms. The first-order chi connectivity index (χ1) is 12.3. The highest BCUT2D eigenvalue weighted by atomic mass is 16.6. The van der Waals surface area contributed by atoms with E-state index in [-0.39, 0.29) is 30.9 Å². The van der Waals surface area contributed by atoms with Gasteiger partial charge in [0, 0.05) is 43.5 Å². The quantitative estimate of drug-likeness (QED) is 0.856. The predicted octanol–water partition coefficient (Wildman–Crippen LogP) is 3.19. The van der Waals surface area contributed by atoms with Gasteiger partial charge in [-0.15, -0.1) is 0 Å². The van der Waals surface area contributed by atoms with Crippen LogP contribution in [0.2, 0.25) is 0 Å². The highest BCUT2D eigenvalue weighted by Gasteiger charge is 2.44. The number of fused-ring (bicyclic) bond motifs is 2. The van der Waals surface area contributed by atoms with Crippen molar-refractivity contribution < 1.29 is 14.3 Å². The molecule has 0 aliphatic carbocycles. The summed E-state index contributed by atoms with van der Waals surface area (Å²) in [5.41, 5.74) is 0.950. The van der Waals surface area contributed by atoms with Gasteiger partial charge in [-0.05, 0) is 42.7 Å². The number of ether oxygens (including phenoxy) is 2. The molecule has 6 nitrogen and oxygen atoms in total. The minimum Gasteiger partial charge on any atom is -0.489 e. The Kier molecular flexibility index (Phi) is 4.50. The molecule has 2 aromatic heterocycles. The summed E-state index contributed by atoms with van der Waals surface area (Å²) in [6.07, 6.45) is 10.5. The predicted molar refractivity (Wildman–Crippen MR) is 91.0 cm³/mol. The van der Waals surface area contributed by atoms with Crippen LogP contribution in [0, 0.1) is 0 Å². The molecule has 0 N–H and O–H groups in total. The van der Waals surface area contributed by atoms with Gasteiger partial charge in [-0.25, -0.2) is 4.79 Å². The zero-order chi connectivity index (χ0) is 17.1. The highest BCUT2D eigenvalue weighted by molar-refractivity contribution is 5.69. The van der Waals surface area contributed by atoms with Crippen LogP contribution in [0.1, 0.15) is 31.2 Å². The van der Waals surface area contributed by atoms with Crippen LogP contribution in [0.15, 0.2) is 49.1 Å². The second kappa shape index (κ2) is 7.09. The van der Waals surface area contributed by atoms with E-state index >= 15 is 0 Å². The molecule has 0 radical (unpaired) electrons. The molecule has 2 aliphatic rings. The van der Waals surface area contributed by atoms with Crippen molar-refractivity contribution in [2.45, 2.75) is 50.5 Å². The number of pyridine rings is 2. The van der Waals surface area contributed by atoms with Gasteiger partial charge in [0.15, 0.2) is 0 Å². The van der Waals surface area contributed by atoms with Crippen molar-refractivity contribution in [3.8, 4) is 5.75 Å². The maximum absolute atomic E-state index is 12.5. The first-order valence-corrected chi connectivity index (χ1v) is 8.70. The van der Waals surface area contributed by atoms with Crippen LogP contribution in [0.3, 0.4) is 0 Å². The Bertz CT molecular complexity index is 696. The number of piperidine rings is 1. The Morgan fingerprint density at radius 2 is 1.84 bits per heavy atom. The van der Waals surface area contributed by atoms with Crippen molar-refractivity contribution in [2.75, 3.05) is 0 Å². The summed E-state index contributed by atoms with van der Waals surface area (Å²) < 4.78 is 11.6. The van der Waals surface area contributed by atoms with E-state index in [1.54, 1.807) is 24.8 Å². The molecule has 130 valence electrons. The van der Waals surface area contributed by atoms with Crippen molar-refractivity contribution in [3.05, 3.63) is 54.6 Å². The second-order valence-electron chi connectivity index (χ2n) is 6.60. The van der Waals surface area contributed by atoms with Gasteiger partial charge in [-0.1, -0.05) is 0 Å². The lowest BCUT2D eigenvalue weighted by molar-refractivity contribution is 0.0303. The van der Waals surface area contributed by atoms with Crippen LogP contribution in [0.4, 0.5) is 4.79 Å². The fraction of sp³-hybridized carbons (Fsp3) is 0.421. The van der Waals surface area contributed by atoms with Gasteiger partial charge < -0.3 is 14.4 Å². The Labute approximate surface area is 146 Å². The molecule has 4 rings (SSSR count). The number of aromatic nitrogens is 2. The van der Waals surface area contributed by atoms with Gasteiger partial charge in [0.2, 0.25) is 0 Å². The Hall–Kier alpha value is -2.63. The van der Waals surface area contributed by atoms with E-state index in [0.29, 0.717) is 0 Å². The Morgan fingerprint density at radius 1 is 1.08 bits per heavy atom. The SMILES string of the molecule is O=C(OCc1ccncc1)N1C2CCC1CC(Oc1cccnc1)C2. The van der Waals surface area contributed by atoms with Crippen LogP contribution >= 0.6 is 0 Å². The van der Waals surface area contributed by atoms with E-state index in [9.17, 15) is 4.79 Å². The number of hydrogen-bond acceptors (Lipinski definition) is 5. The van der Waals surface area contributed by atoms with Crippen LogP contribution < -0.4 is 4.74 Å². The van der Waals surface area contributed by atoms with Crippen LogP contribution in [0.25, 0.3) is 0 Å². The molecule has 2 saturated heterocycles. The summed E-state index contributed by atoms with van der Waals surface area (Å²) in [6, 6.07) is 7.90. The number of rotatable bonds is 4. The molecule has 0 saturated carbocycles. The fourth-order valence-corrected chi connectivity index (χ4v) is 3.83. The topological polar surface area (TPSA) is 64.5 Å². The Balaban J connectivity index is 1.34. The molecule has 2 atom stereocenters. The molecule has 25 heavy (non-hydrogen) atoms. The van der Waals surface area contributed by atoms with Crippen LogP contribution in [-0.4, -0.2) is 39.1 Å².